The molecule has 3 heteroatoms. The van der Waals surface area contributed by atoms with Gasteiger partial charge in [-0.15, -0.1) is 0 Å². The molecule has 0 aliphatic heterocycles. The molecule has 2 nitrogen and oxygen atoms in total. The van der Waals surface area contributed by atoms with Gasteiger partial charge in [-0.25, -0.2) is 0 Å². The third-order valence-electron chi connectivity index (χ3n) is 3.10. The molecule has 0 amide bonds. The van der Waals surface area contributed by atoms with Crippen molar-refractivity contribution in [3.63, 3.8) is 0 Å². The number of aromatic nitrogens is 1. The molecule has 1 unspecified atom stereocenters. The third-order valence-corrected chi connectivity index (χ3v) is 3.88. The topological polar surface area (TPSA) is 16.1 Å². The van der Waals surface area contributed by atoms with Crippen molar-refractivity contribution in [1.29, 1.82) is 0 Å². The van der Waals surface area contributed by atoms with Crippen LogP contribution >= 0.6 is 15.9 Å². The summed E-state index contributed by atoms with van der Waals surface area (Å²) in [7, 11) is 2.16. The fourth-order valence-corrected chi connectivity index (χ4v) is 2.94. The molecule has 0 aliphatic carbocycles. The van der Waals surface area contributed by atoms with Crippen molar-refractivity contribution in [1.82, 2.24) is 9.88 Å². The lowest BCUT2D eigenvalue weighted by atomic mass is 9.82. The van der Waals surface area contributed by atoms with Crippen molar-refractivity contribution in [2.45, 2.75) is 27.3 Å². The molecule has 1 atom stereocenters. The molecule has 96 valence electrons. The van der Waals surface area contributed by atoms with Gasteiger partial charge in [0.05, 0.1) is 5.69 Å². The summed E-state index contributed by atoms with van der Waals surface area (Å²) in [5.74, 6) is 0.649. The quantitative estimate of drug-likeness (QED) is 0.773. The standard InChI is InChI=1S/C14H23BrN2/c1-14(2,3)12(9-15)10-17(4)11-13-7-5-6-8-16-13/h5-8,12H,9-11H2,1-4H3. The molecule has 0 saturated carbocycles. The second kappa shape index (κ2) is 6.50. The van der Waals surface area contributed by atoms with Crippen LogP contribution in [-0.4, -0.2) is 28.8 Å². The number of pyridine rings is 1. The number of rotatable bonds is 5. The normalized spacial score (nSPS) is 14.0. The van der Waals surface area contributed by atoms with Crippen molar-refractivity contribution in [2.75, 3.05) is 18.9 Å². The Kier molecular flexibility index (Phi) is 5.60. The van der Waals surface area contributed by atoms with E-state index in [1.807, 2.05) is 18.3 Å². The molecular formula is C14H23BrN2. The lowest BCUT2D eigenvalue weighted by Crippen LogP contribution is -2.34. The third kappa shape index (κ3) is 5.17. The number of halogens is 1. The van der Waals surface area contributed by atoms with Crippen molar-refractivity contribution >= 4 is 15.9 Å². The first-order valence-corrected chi connectivity index (χ1v) is 7.20. The predicted molar refractivity (Wildman–Crippen MR) is 77.3 cm³/mol. The van der Waals surface area contributed by atoms with Crippen LogP contribution in [0.3, 0.4) is 0 Å². The number of hydrogen-bond donors (Lipinski definition) is 0. The second-order valence-electron chi connectivity index (χ2n) is 5.74. The molecule has 0 saturated heterocycles. The molecular weight excluding hydrogens is 276 g/mol. The molecule has 17 heavy (non-hydrogen) atoms. The van der Waals surface area contributed by atoms with E-state index in [1.165, 1.54) is 0 Å². The molecule has 0 aliphatic rings. The van der Waals surface area contributed by atoms with E-state index >= 15 is 0 Å². The van der Waals surface area contributed by atoms with Crippen LogP contribution in [0.2, 0.25) is 0 Å². The smallest absolute Gasteiger partial charge is 0.0543 e. The predicted octanol–water partition coefficient (Wildman–Crippen LogP) is 3.57. The van der Waals surface area contributed by atoms with Crippen LogP contribution in [0.1, 0.15) is 26.5 Å². The Morgan fingerprint density at radius 3 is 2.53 bits per heavy atom. The maximum atomic E-state index is 4.36. The zero-order valence-corrected chi connectivity index (χ0v) is 12.9. The van der Waals surface area contributed by atoms with Gasteiger partial charge in [0.2, 0.25) is 0 Å². The average Bonchev–Trinajstić information content (AvgIpc) is 2.25. The molecule has 0 fully saturated rings. The maximum absolute atomic E-state index is 4.36. The van der Waals surface area contributed by atoms with E-state index in [9.17, 15) is 0 Å². The second-order valence-corrected chi connectivity index (χ2v) is 6.38. The summed E-state index contributed by atoms with van der Waals surface area (Å²) in [6.07, 6.45) is 1.86. The Labute approximate surface area is 114 Å². The van der Waals surface area contributed by atoms with Crippen LogP contribution in [0.15, 0.2) is 24.4 Å². The first-order chi connectivity index (χ1) is 7.93. The van der Waals surface area contributed by atoms with Crippen molar-refractivity contribution < 1.29 is 0 Å². The molecule has 1 rings (SSSR count). The highest BCUT2D eigenvalue weighted by molar-refractivity contribution is 9.09. The highest BCUT2D eigenvalue weighted by atomic mass is 79.9. The van der Waals surface area contributed by atoms with E-state index in [2.05, 4.69) is 59.7 Å². The van der Waals surface area contributed by atoms with E-state index in [1.54, 1.807) is 0 Å². The Hall–Kier alpha value is -0.410. The van der Waals surface area contributed by atoms with E-state index in [4.69, 9.17) is 0 Å². The first kappa shape index (κ1) is 14.7. The summed E-state index contributed by atoms with van der Waals surface area (Å²) in [6, 6.07) is 6.08. The monoisotopic (exact) mass is 298 g/mol. The van der Waals surface area contributed by atoms with Gasteiger partial charge >= 0.3 is 0 Å². The van der Waals surface area contributed by atoms with Gasteiger partial charge in [0.15, 0.2) is 0 Å². The number of hydrogen-bond acceptors (Lipinski definition) is 2. The summed E-state index contributed by atoms with van der Waals surface area (Å²) in [6.45, 7) is 8.90. The molecule has 0 spiro atoms. The Balaban J connectivity index is 2.51. The zero-order chi connectivity index (χ0) is 12.9. The lowest BCUT2D eigenvalue weighted by Gasteiger charge is -2.32. The molecule has 0 N–H and O–H groups in total. The number of alkyl halides is 1. The highest BCUT2D eigenvalue weighted by Crippen LogP contribution is 2.28. The van der Waals surface area contributed by atoms with Crippen LogP contribution in [0, 0.1) is 11.3 Å². The fourth-order valence-electron chi connectivity index (χ4n) is 1.76. The zero-order valence-electron chi connectivity index (χ0n) is 11.3. The first-order valence-electron chi connectivity index (χ1n) is 6.08. The molecule has 1 aromatic rings. The SMILES string of the molecule is CN(Cc1ccccn1)CC(CBr)C(C)(C)C. The summed E-state index contributed by atoms with van der Waals surface area (Å²) in [5, 5.41) is 1.04. The average molecular weight is 299 g/mol. The Morgan fingerprint density at radius 1 is 1.35 bits per heavy atom. The van der Waals surface area contributed by atoms with Crippen LogP contribution in [0.5, 0.6) is 0 Å². The van der Waals surface area contributed by atoms with Gasteiger partial charge in [-0.1, -0.05) is 42.8 Å². The van der Waals surface area contributed by atoms with Crippen LogP contribution in [0.4, 0.5) is 0 Å². The van der Waals surface area contributed by atoms with Gasteiger partial charge in [0, 0.05) is 24.6 Å². The van der Waals surface area contributed by atoms with Gasteiger partial charge in [-0.05, 0) is 30.5 Å². The van der Waals surface area contributed by atoms with Gasteiger partial charge in [-0.2, -0.15) is 0 Å². The van der Waals surface area contributed by atoms with E-state index < -0.39 is 0 Å². The molecule has 0 bridgehead atoms. The van der Waals surface area contributed by atoms with Crippen molar-refractivity contribution in [2.24, 2.45) is 11.3 Å². The molecule has 1 aromatic heterocycles. The minimum atomic E-state index is 0.335. The summed E-state index contributed by atoms with van der Waals surface area (Å²) in [4.78, 5) is 6.71. The van der Waals surface area contributed by atoms with E-state index in [-0.39, 0.29) is 0 Å². The molecule has 1 heterocycles. The lowest BCUT2D eigenvalue weighted by molar-refractivity contribution is 0.182. The van der Waals surface area contributed by atoms with Gasteiger partial charge < -0.3 is 4.90 Å². The molecule has 0 aromatic carbocycles. The summed E-state index contributed by atoms with van der Waals surface area (Å²) >= 11 is 3.62. The van der Waals surface area contributed by atoms with Gasteiger partial charge in [0.25, 0.3) is 0 Å². The summed E-state index contributed by atoms with van der Waals surface area (Å²) < 4.78 is 0. The highest BCUT2D eigenvalue weighted by Gasteiger charge is 2.24. The van der Waals surface area contributed by atoms with Crippen LogP contribution in [-0.2, 0) is 6.54 Å². The van der Waals surface area contributed by atoms with Crippen LogP contribution in [0.25, 0.3) is 0 Å². The van der Waals surface area contributed by atoms with Crippen molar-refractivity contribution in [3.05, 3.63) is 30.1 Å². The largest absolute Gasteiger partial charge is 0.300 e. The Bertz CT molecular complexity index is 319. The maximum Gasteiger partial charge on any atom is 0.0543 e. The fraction of sp³-hybridized carbons (Fsp3) is 0.643. The van der Waals surface area contributed by atoms with E-state index in [0.717, 1.165) is 24.1 Å². The Morgan fingerprint density at radius 2 is 2.06 bits per heavy atom. The van der Waals surface area contributed by atoms with Gasteiger partial charge in [0.1, 0.15) is 0 Å². The van der Waals surface area contributed by atoms with E-state index in [0.29, 0.717) is 11.3 Å². The van der Waals surface area contributed by atoms with Gasteiger partial charge in [-0.3, -0.25) is 4.98 Å². The minimum absolute atomic E-state index is 0.335. The summed E-state index contributed by atoms with van der Waals surface area (Å²) in [5.41, 5.74) is 1.47. The minimum Gasteiger partial charge on any atom is -0.300 e. The van der Waals surface area contributed by atoms with Crippen molar-refractivity contribution in [3.8, 4) is 0 Å². The number of nitrogens with zero attached hydrogens (tertiary/aromatic N) is 2. The molecule has 0 radical (unpaired) electrons. The van der Waals surface area contributed by atoms with Crippen LogP contribution < -0.4 is 0 Å².